The van der Waals surface area contributed by atoms with Crippen LogP contribution in [0.4, 0.5) is 26.3 Å². The first-order valence-corrected chi connectivity index (χ1v) is 13.0. The molecule has 0 aromatic heterocycles. The van der Waals surface area contributed by atoms with Gasteiger partial charge in [-0.3, -0.25) is 4.90 Å². The fraction of sp³-hybridized carbons (Fsp3) is 0.308. The van der Waals surface area contributed by atoms with Crippen molar-refractivity contribution in [3.63, 3.8) is 0 Å². The van der Waals surface area contributed by atoms with Gasteiger partial charge in [-0.25, -0.2) is 8.42 Å². The molecule has 0 radical (unpaired) electrons. The van der Waals surface area contributed by atoms with Gasteiger partial charge in [0.25, 0.3) is 5.60 Å². The predicted molar refractivity (Wildman–Crippen MR) is 128 cm³/mol. The van der Waals surface area contributed by atoms with Gasteiger partial charge in [0.1, 0.15) is 0 Å². The summed E-state index contributed by atoms with van der Waals surface area (Å²) < 4.78 is 106. The molecule has 1 aliphatic heterocycles. The summed E-state index contributed by atoms with van der Waals surface area (Å²) in [4.78, 5) is 2.34. The Morgan fingerprint density at radius 1 is 0.684 bits per heavy atom. The number of halogens is 6. The molecular weight excluding hydrogens is 534 g/mol. The zero-order chi connectivity index (χ0) is 27.8. The average molecular weight is 559 g/mol. The van der Waals surface area contributed by atoms with Crippen LogP contribution in [0.1, 0.15) is 11.1 Å². The lowest BCUT2D eigenvalue weighted by molar-refractivity contribution is -0.376. The molecule has 0 unspecified atom stereocenters. The van der Waals surface area contributed by atoms with Crippen molar-refractivity contribution in [2.24, 2.45) is 0 Å². The van der Waals surface area contributed by atoms with Crippen molar-refractivity contribution in [3.05, 3.63) is 90.0 Å². The van der Waals surface area contributed by atoms with E-state index in [2.05, 4.69) is 4.90 Å². The molecule has 3 aromatic rings. The SMILES string of the molecule is O=S(=O)(c1ccccc1)N1CCN(Cc2ccc(-c3ccc(C(O)(C(F)(F)F)C(F)(F)F)cc3)cc2)CC1. The zero-order valence-electron chi connectivity index (χ0n) is 19.9. The van der Waals surface area contributed by atoms with Crippen LogP contribution in [-0.4, -0.2) is 61.3 Å². The van der Waals surface area contributed by atoms with Gasteiger partial charge in [0.05, 0.1) is 4.90 Å². The number of hydrogen-bond acceptors (Lipinski definition) is 4. The first-order chi connectivity index (χ1) is 17.7. The van der Waals surface area contributed by atoms with Crippen LogP contribution in [0.3, 0.4) is 0 Å². The van der Waals surface area contributed by atoms with E-state index < -0.39 is 33.5 Å². The molecular formula is C26H24F6N2O3S. The van der Waals surface area contributed by atoms with Crippen LogP contribution < -0.4 is 0 Å². The van der Waals surface area contributed by atoms with E-state index in [0.717, 1.165) is 17.7 Å². The van der Waals surface area contributed by atoms with Crippen LogP contribution in [0.2, 0.25) is 0 Å². The van der Waals surface area contributed by atoms with Crippen molar-refractivity contribution in [1.82, 2.24) is 9.21 Å². The van der Waals surface area contributed by atoms with E-state index in [1.165, 1.54) is 4.31 Å². The molecule has 4 rings (SSSR count). The lowest BCUT2D eigenvalue weighted by Gasteiger charge is -2.34. The van der Waals surface area contributed by atoms with Gasteiger partial charge in [0.15, 0.2) is 0 Å². The highest BCUT2D eigenvalue weighted by atomic mass is 32.2. The standard InChI is InChI=1S/C26H24F6N2O3S/c27-25(28,29)24(35,26(30,31)32)22-12-10-21(11-13-22)20-8-6-19(7-9-20)18-33-14-16-34(17-15-33)38(36,37)23-4-2-1-3-5-23/h1-13,35H,14-18H2. The van der Waals surface area contributed by atoms with Gasteiger partial charge in [-0.2, -0.15) is 30.6 Å². The molecule has 0 aliphatic carbocycles. The summed E-state index contributed by atoms with van der Waals surface area (Å²) in [5.41, 5.74) is -4.42. The summed E-state index contributed by atoms with van der Waals surface area (Å²) in [7, 11) is -3.56. The molecule has 0 bridgehead atoms. The Hall–Kier alpha value is -2.93. The second-order valence-corrected chi connectivity index (χ2v) is 10.9. The van der Waals surface area contributed by atoms with Gasteiger partial charge in [-0.1, -0.05) is 66.7 Å². The first kappa shape index (κ1) is 28.1. The van der Waals surface area contributed by atoms with Gasteiger partial charge in [0.2, 0.25) is 10.0 Å². The maximum absolute atomic E-state index is 13.1. The van der Waals surface area contributed by atoms with Crippen LogP contribution in [0, 0.1) is 0 Å². The molecule has 38 heavy (non-hydrogen) atoms. The van der Waals surface area contributed by atoms with E-state index in [9.17, 15) is 39.9 Å². The third-order valence-electron chi connectivity index (χ3n) is 6.53. The third-order valence-corrected chi connectivity index (χ3v) is 8.44. The van der Waals surface area contributed by atoms with Crippen LogP contribution in [-0.2, 0) is 22.2 Å². The average Bonchev–Trinajstić information content (AvgIpc) is 2.88. The van der Waals surface area contributed by atoms with Crippen LogP contribution in [0.5, 0.6) is 0 Å². The first-order valence-electron chi connectivity index (χ1n) is 11.6. The van der Waals surface area contributed by atoms with E-state index in [1.807, 2.05) is 0 Å². The highest BCUT2D eigenvalue weighted by Crippen LogP contribution is 2.50. The van der Waals surface area contributed by atoms with Crippen molar-refractivity contribution in [1.29, 1.82) is 0 Å². The van der Waals surface area contributed by atoms with E-state index in [0.29, 0.717) is 56.0 Å². The molecule has 1 aliphatic rings. The topological polar surface area (TPSA) is 60.9 Å². The van der Waals surface area contributed by atoms with Gasteiger partial charge in [0, 0.05) is 38.3 Å². The van der Waals surface area contributed by atoms with Gasteiger partial charge < -0.3 is 5.11 Å². The van der Waals surface area contributed by atoms with E-state index >= 15 is 0 Å². The minimum Gasteiger partial charge on any atom is -0.369 e. The Labute approximate surface area is 216 Å². The predicted octanol–water partition coefficient (Wildman–Crippen LogP) is 5.17. The second kappa shape index (κ2) is 10.3. The van der Waals surface area contributed by atoms with Crippen molar-refractivity contribution >= 4 is 10.0 Å². The fourth-order valence-electron chi connectivity index (χ4n) is 4.32. The van der Waals surface area contributed by atoms with Gasteiger partial charge >= 0.3 is 12.4 Å². The third kappa shape index (κ3) is 5.44. The largest absolute Gasteiger partial charge is 0.430 e. The quantitative estimate of drug-likeness (QED) is 0.424. The summed E-state index contributed by atoms with van der Waals surface area (Å²) in [5.74, 6) is 0. The minimum atomic E-state index is -5.94. The van der Waals surface area contributed by atoms with Gasteiger partial charge in [-0.15, -0.1) is 0 Å². The maximum atomic E-state index is 13.1. The molecule has 3 aromatic carbocycles. The van der Waals surface area contributed by atoms with Crippen molar-refractivity contribution in [2.45, 2.75) is 29.4 Å². The van der Waals surface area contributed by atoms with Crippen LogP contribution in [0.25, 0.3) is 11.1 Å². The number of nitrogens with zero attached hydrogens (tertiary/aromatic N) is 2. The number of hydrogen-bond donors (Lipinski definition) is 1. The Morgan fingerprint density at radius 2 is 1.16 bits per heavy atom. The Bertz CT molecular complexity index is 1320. The lowest BCUT2D eigenvalue weighted by atomic mass is 9.90. The highest BCUT2D eigenvalue weighted by molar-refractivity contribution is 7.89. The van der Waals surface area contributed by atoms with Crippen molar-refractivity contribution in [3.8, 4) is 11.1 Å². The van der Waals surface area contributed by atoms with Crippen LogP contribution >= 0.6 is 0 Å². The number of benzene rings is 3. The normalized spacial score (nSPS) is 16.5. The van der Waals surface area contributed by atoms with Crippen molar-refractivity contribution < 1.29 is 39.9 Å². The maximum Gasteiger partial charge on any atom is 0.430 e. The summed E-state index contributed by atoms with van der Waals surface area (Å²) >= 11 is 0. The number of rotatable bonds is 6. The molecule has 1 N–H and O–H groups in total. The van der Waals surface area contributed by atoms with E-state index in [1.54, 1.807) is 54.6 Å². The van der Waals surface area contributed by atoms with E-state index in [4.69, 9.17) is 0 Å². The second-order valence-electron chi connectivity index (χ2n) is 8.97. The molecule has 0 atom stereocenters. The number of alkyl halides is 6. The van der Waals surface area contributed by atoms with Crippen LogP contribution in [0.15, 0.2) is 83.8 Å². The number of aliphatic hydroxyl groups is 1. The lowest BCUT2D eigenvalue weighted by Crippen LogP contribution is -2.53. The molecule has 1 heterocycles. The van der Waals surface area contributed by atoms with E-state index in [-0.39, 0.29) is 4.90 Å². The van der Waals surface area contributed by atoms with Crippen molar-refractivity contribution in [2.75, 3.05) is 26.2 Å². The summed E-state index contributed by atoms with van der Waals surface area (Å²) in [6.45, 7) is 2.27. The summed E-state index contributed by atoms with van der Waals surface area (Å²) in [6, 6.07) is 18.6. The molecule has 0 spiro atoms. The molecule has 1 saturated heterocycles. The molecule has 0 amide bonds. The Balaban J connectivity index is 1.40. The molecule has 12 heteroatoms. The molecule has 1 fully saturated rings. The minimum absolute atomic E-state index is 0.249. The number of sulfonamides is 1. The van der Waals surface area contributed by atoms with Gasteiger partial charge in [-0.05, 0) is 28.8 Å². The monoisotopic (exact) mass is 558 g/mol. The smallest absolute Gasteiger partial charge is 0.369 e. The number of piperazine rings is 1. The molecule has 0 saturated carbocycles. The zero-order valence-corrected chi connectivity index (χ0v) is 20.7. The fourth-order valence-corrected chi connectivity index (χ4v) is 5.77. The molecule has 204 valence electrons. The highest BCUT2D eigenvalue weighted by Gasteiger charge is 2.71. The summed E-state index contributed by atoms with van der Waals surface area (Å²) in [5, 5.41) is 9.54. The Kier molecular flexibility index (Phi) is 7.63. The molecule has 5 nitrogen and oxygen atoms in total. The Morgan fingerprint density at radius 3 is 1.63 bits per heavy atom. The summed E-state index contributed by atoms with van der Waals surface area (Å²) in [6.07, 6.45) is -11.9.